The Labute approximate surface area is 106 Å². The van der Waals surface area contributed by atoms with E-state index in [9.17, 15) is 13.6 Å². The van der Waals surface area contributed by atoms with Gasteiger partial charge in [-0.05, 0) is 25.5 Å². The van der Waals surface area contributed by atoms with Crippen molar-refractivity contribution in [2.45, 2.75) is 33.2 Å². The number of benzene rings is 1. The summed E-state index contributed by atoms with van der Waals surface area (Å²) in [5.41, 5.74) is 0.551. The van der Waals surface area contributed by atoms with Crippen molar-refractivity contribution >= 4 is 11.5 Å². The molecule has 1 aromatic rings. The van der Waals surface area contributed by atoms with Crippen molar-refractivity contribution in [2.24, 2.45) is 5.92 Å². The summed E-state index contributed by atoms with van der Waals surface area (Å²) in [5.74, 6) is -0.806. The minimum atomic E-state index is -0.428. The zero-order chi connectivity index (χ0) is 13.4. The Morgan fingerprint density at radius 1 is 1.22 bits per heavy atom. The maximum absolute atomic E-state index is 13.9. The molecule has 0 spiro atoms. The van der Waals surface area contributed by atoms with Gasteiger partial charge in [-0.1, -0.05) is 6.92 Å². The SMILES string of the molecule is Cc1cc(F)c(N2CCC(=O)C(C)C2C)cc1F. The summed E-state index contributed by atoms with van der Waals surface area (Å²) in [5, 5.41) is 0. The molecule has 1 aliphatic heterocycles. The van der Waals surface area contributed by atoms with Crippen molar-refractivity contribution in [3.8, 4) is 0 Å². The van der Waals surface area contributed by atoms with Gasteiger partial charge >= 0.3 is 0 Å². The van der Waals surface area contributed by atoms with E-state index >= 15 is 0 Å². The fourth-order valence-corrected chi connectivity index (χ4v) is 2.40. The number of hydrogen-bond acceptors (Lipinski definition) is 2. The van der Waals surface area contributed by atoms with Crippen molar-refractivity contribution < 1.29 is 13.6 Å². The van der Waals surface area contributed by atoms with Crippen LogP contribution in [0.4, 0.5) is 14.5 Å². The van der Waals surface area contributed by atoms with Crippen molar-refractivity contribution in [1.29, 1.82) is 0 Å². The largest absolute Gasteiger partial charge is 0.365 e. The van der Waals surface area contributed by atoms with Crippen molar-refractivity contribution in [3.63, 3.8) is 0 Å². The number of Topliss-reactive ketones (excluding diaryl/α,β-unsaturated/α-hetero) is 1. The van der Waals surface area contributed by atoms with Gasteiger partial charge in [-0.15, -0.1) is 0 Å². The molecule has 0 bridgehead atoms. The van der Waals surface area contributed by atoms with Gasteiger partial charge in [0, 0.05) is 31.0 Å². The Morgan fingerprint density at radius 3 is 2.56 bits per heavy atom. The third-order valence-electron chi connectivity index (χ3n) is 3.86. The Balaban J connectivity index is 2.37. The quantitative estimate of drug-likeness (QED) is 0.766. The summed E-state index contributed by atoms with van der Waals surface area (Å²) in [6.45, 7) is 5.69. The van der Waals surface area contributed by atoms with Gasteiger partial charge < -0.3 is 4.90 Å². The summed E-state index contributed by atoms with van der Waals surface area (Å²) in [7, 11) is 0. The lowest BCUT2D eigenvalue weighted by Gasteiger charge is -2.38. The molecule has 1 aliphatic rings. The molecule has 2 unspecified atom stereocenters. The van der Waals surface area contributed by atoms with Crippen LogP contribution in [0.15, 0.2) is 12.1 Å². The molecule has 98 valence electrons. The van der Waals surface area contributed by atoms with Crippen LogP contribution in [-0.4, -0.2) is 18.4 Å². The second-order valence-electron chi connectivity index (χ2n) is 4.99. The number of halogens is 2. The van der Waals surface area contributed by atoms with Crippen LogP contribution in [0.25, 0.3) is 0 Å². The Kier molecular flexibility index (Phi) is 3.37. The molecular weight excluding hydrogens is 236 g/mol. The molecule has 1 fully saturated rings. The fourth-order valence-electron chi connectivity index (χ4n) is 2.40. The average Bonchev–Trinajstić information content (AvgIpc) is 2.32. The smallest absolute Gasteiger partial charge is 0.146 e. The second kappa shape index (κ2) is 4.67. The van der Waals surface area contributed by atoms with Gasteiger partial charge in [-0.2, -0.15) is 0 Å². The van der Waals surface area contributed by atoms with Crippen LogP contribution in [0, 0.1) is 24.5 Å². The lowest BCUT2D eigenvalue weighted by molar-refractivity contribution is -0.123. The van der Waals surface area contributed by atoms with E-state index in [-0.39, 0.29) is 23.4 Å². The van der Waals surface area contributed by atoms with Crippen LogP contribution in [-0.2, 0) is 4.79 Å². The minimum Gasteiger partial charge on any atom is -0.365 e. The molecule has 2 atom stereocenters. The predicted molar refractivity (Wildman–Crippen MR) is 66.7 cm³/mol. The van der Waals surface area contributed by atoms with Gasteiger partial charge in [-0.3, -0.25) is 4.79 Å². The second-order valence-corrected chi connectivity index (χ2v) is 4.99. The van der Waals surface area contributed by atoms with Crippen LogP contribution in [0.2, 0.25) is 0 Å². The van der Waals surface area contributed by atoms with E-state index in [1.165, 1.54) is 19.1 Å². The summed E-state index contributed by atoms with van der Waals surface area (Å²) >= 11 is 0. The Hall–Kier alpha value is -1.45. The highest BCUT2D eigenvalue weighted by atomic mass is 19.1. The molecule has 0 amide bonds. The van der Waals surface area contributed by atoms with Gasteiger partial charge in [0.15, 0.2) is 0 Å². The van der Waals surface area contributed by atoms with E-state index in [0.717, 1.165) is 0 Å². The summed E-state index contributed by atoms with van der Waals surface area (Å²) in [6, 6.07) is 2.32. The van der Waals surface area contributed by atoms with Crippen LogP contribution >= 0.6 is 0 Å². The zero-order valence-electron chi connectivity index (χ0n) is 10.8. The number of piperidine rings is 1. The third kappa shape index (κ3) is 2.11. The average molecular weight is 253 g/mol. The van der Waals surface area contributed by atoms with Crippen molar-refractivity contribution in [3.05, 3.63) is 29.3 Å². The van der Waals surface area contributed by atoms with Gasteiger partial charge in [0.1, 0.15) is 17.4 Å². The molecule has 18 heavy (non-hydrogen) atoms. The summed E-state index contributed by atoms with van der Waals surface area (Å²) in [4.78, 5) is 13.4. The maximum Gasteiger partial charge on any atom is 0.146 e. The van der Waals surface area contributed by atoms with E-state index in [2.05, 4.69) is 0 Å². The lowest BCUT2D eigenvalue weighted by Crippen LogP contribution is -2.47. The molecule has 2 nitrogen and oxygen atoms in total. The normalized spacial score (nSPS) is 24.5. The van der Waals surface area contributed by atoms with Crippen LogP contribution in [0.3, 0.4) is 0 Å². The number of nitrogens with zero attached hydrogens (tertiary/aromatic N) is 1. The van der Waals surface area contributed by atoms with Crippen molar-refractivity contribution in [1.82, 2.24) is 0 Å². The highest BCUT2D eigenvalue weighted by Gasteiger charge is 2.32. The molecule has 2 rings (SSSR count). The standard InChI is InChI=1S/C14H17F2NO/c1-8-6-12(16)13(7-11(8)15)17-5-4-14(18)9(2)10(17)3/h6-7,9-10H,4-5H2,1-3H3. The number of anilines is 1. The molecule has 0 aromatic heterocycles. The molecule has 1 saturated heterocycles. The molecular formula is C14H17F2NO. The summed E-state index contributed by atoms with van der Waals surface area (Å²) < 4.78 is 27.5. The molecule has 1 aromatic carbocycles. The minimum absolute atomic E-state index is 0.108. The van der Waals surface area contributed by atoms with E-state index in [1.807, 2.05) is 13.8 Å². The predicted octanol–water partition coefficient (Wildman–Crippen LogP) is 3.08. The molecule has 0 saturated carbocycles. The Morgan fingerprint density at radius 2 is 1.89 bits per heavy atom. The fraction of sp³-hybridized carbons (Fsp3) is 0.500. The van der Waals surface area contributed by atoms with Gasteiger partial charge in [0.05, 0.1) is 5.69 Å². The molecule has 1 heterocycles. The number of hydrogen-bond donors (Lipinski definition) is 0. The van der Waals surface area contributed by atoms with E-state index in [1.54, 1.807) is 4.90 Å². The third-order valence-corrected chi connectivity index (χ3v) is 3.86. The van der Waals surface area contributed by atoms with Crippen LogP contribution in [0.1, 0.15) is 25.8 Å². The van der Waals surface area contributed by atoms with Crippen LogP contribution in [0.5, 0.6) is 0 Å². The number of aryl methyl sites for hydroxylation is 1. The number of carbonyl (C=O) groups is 1. The van der Waals surface area contributed by atoms with Gasteiger partial charge in [0.2, 0.25) is 0 Å². The van der Waals surface area contributed by atoms with E-state index < -0.39 is 11.6 Å². The van der Waals surface area contributed by atoms with Gasteiger partial charge in [-0.25, -0.2) is 8.78 Å². The van der Waals surface area contributed by atoms with E-state index in [4.69, 9.17) is 0 Å². The zero-order valence-corrected chi connectivity index (χ0v) is 10.8. The highest BCUT2D eigenvalue weighted by Crippen LogP contribution is 2.30. The monoisotopic (exact) mass is 253 g/mol. The molecule has 4 heteroatoms. The van der Waals surface area contributed by atoms with E-state index in [0.29, 0.717) is 18.5 Å². The first-order valence-electron chi connectivity index (χ1n) is 6.17. The first kappa shape index (κ1) is 13.0. The maximum atomic E-state index is 13.9. The topological polar surface area (TPSA) is 20.3 Å². The molecule has 0 radical (unpaired) electrons. The lowest BCUT2D eigenvalue weighted by atomic mass is 9.90. The number of carbonyl (C=O) groups excluding carboxylic acids is 1. The van der Waals surface area contributed by atoms with Crippen molar-refractivity contribution in [2.75, 3.05) is 11.4 Å². The molecule has 0 N–H and O–H groups in total. The Bertz CT molecular complexity index is 487. The summed E-state index contributed by atoms with van der Waals surface area (Å²) in [6.07, 6.45) is 0.389. The number of rotatable bonds is 1. The first-order valence-corrected chi connectivity index (χ1v) is 6.17. The van der Waals surface area contributed by atoms with Crippen LogP contribution < -0.4 is 4.90 Å². The highest BCUT2D eigenvalue weighted by molar-refractivity contribution is 5.84. The first-order chi connectivity index (χ1) is 8.41. The van der Waals surface area contributed by atoms with Gasteiger partial charge in [0.25, 0.3) is 0 Å². The number of ketones is 1. The molecule has 0 aliphatic carbocycles.